The van der Waals surface area contributed by atoms with E-state index in [1.807, 2.05) is 0 Å². The molecule has 1 N–H and O–H groups in total. The normalized spacial score (nSPS) is 9.35. The van der Waals surface area contributed by atoms with Crippen LogP contribution < -0.4 is 0 Å². The van der Waals surface area contributed by atoms with E-state index in [0.29, 0.717) is 11.1 Å². The van der Waals surface area contributed by atoms with Gasteiger partial charge < -0.3 is 14.7 Å². The number of hydrogen-bond donors (Lipinski definition) is 1. The molecule has 20 heavy (non-hydrogen) atoms. The van der Waals surface area contributed by atoms with E-state index in [4.69, 9.17) is 5.11 Å². The number of esters is 1. The highest BCUT2D eigenvalue weighted by Crippen LogP contribution is 2.10. The van der Waals surface area contributed by atoms with Crippen molar-refractivity contribution in [2.75, 3.05) is 27.3 Å². The van der Waals surface area contributed by atoms with Crippen molar-refractivity contribution in [1.29, 1.82) is 0 Å². The zero-order valence-electron chi connectivity index (χ0n) is 11.5. The highest BCUT2D eigenvalue weighted by molar-refractivity contribution is 5.96. The summed E-state index contributed by atoms with van der Waals surface area (Å²) in [7, 11) is 2.92. The van der Waals surface area contributed by atoms with Gasteiger partial charge in [0.1, 0.15) is 6.61 Å². The van der Waals surface area contributed by atoms with Gasteiger partial charge in [0.15, 0.2) is 0 Å². The van der Waals surface area contributed by atoms with Crippen LogP contribution >= 0.6 is 0 Å². The molecule has 1 aromatic carbocycles. The first-order chi connectivity index (χ1) is 9.60. The van der Waals surface area contributed by atoms with E-state index < -0.39 is 0 Å². The van der Waals surface area contributed by atoms with Crippen molar-refractivity contribution in [3.8, 4) is 11.8 Å². The first-order valence-electron chi connectivity index (χ1n) is 6.11. The Hall–Kier alpha value is -2.32. The molecule has 0 atom stereocenters. The van der Waals surface area contributed by atoms with Crippen LogP contribution in [0.1, 0.15) is 22.3 Å². The minimum Gasteiger partial charge on any atom is -0.469 e. The first-order valence-corrected chi connectivity index (χ1v) is 6.11. The van der Waals surface area contributed by atoms with Gasteiger partial charge in [-0.3, -0.25) is 9.59 Å². The molecule has 0 unspecified atom stereocenters. The Morgan fingerprint density at radius 2 is 2.05 bits per heavy atom. The number of carbonyl (C=O) groups is 2. The second-order valence-corrected chi connectivity index (χ2v) is 4.06. The Kier molecular flexibility index (Phi) is 6.27. The van der Waals surface area contributed by atoms with Gasteiger partial charge in [-0.15, -0.1) is 0 Å². The summed E-state index contributed by atoms with van der Waals surface area (Å²) >= 11 is 0. The Morgan fingerprint density at radius 1 is 1.35 bits per heavy atom. The Labute approximate surface area is 118 Å². The van der Waals surface area contributed by atoms with Gasteiger partial charge in [0.05, 0.1) is 19.1 Å². The molecular weight excluding hydrogens is 258 g/mol. The fourth-order valence-electron chi connectivity index (χ4n) is 1.58. The summed E-state index contributed by atoms with van der Waals surface area (Å²) < 4.78 is 4.54. The van der Waals surface area contributed by atoms with Gasteiger partial charge in [-0.25, -0.2) is 0 Å². The number of amides is 1. The molecule has 0 aromatic heterocycles. The van der Waals surface area contributed by atoms with E-state index in [2.05, 4.69) is 16.6 Å². The summed E-state index contributed by atoms with van der Waals surface area (Å²) in [6, 6.07) is 6.89. The van der Waals surface area contributed by atoms with Gasteiger partial charge in [0.2, 0.25) is 0 Å². The second-order valence-electron chi connectivity index (χ2n) is 4.06. The van der Waals surface area contributed by atoms with Gasteiger partial charge in [-0.05, 0) is 12.1 Å². The third-order valence-electron chi connectivity index (χ3n) is 2.69. The van der Waals surface area contributed by atoms with Crippen molar-refractivity contribution in [3.05, 3.63) is 35.4 Å². The van der Waals surface area contributed by atoms with Crippen molar-refractivity contribution < 1.29 is 19.4 Å². The third-order valence-corrected chi connectivity index (χ3v) is 2.69. The first kappa shape index (κ1) is 15.7. The van der Waals surface area contributed by atoms with Crippen molar-refractivity contribution >= 4 is 11.9 Å². The lowest BCUT2D eigenvalue weighted by molar-refractivity contribution is -0.140. The topological polar surface area (TPSA) is 66.8 Å². The predicted octanol–water partition coefficient (Wildman–Crippen LogP) is 0.665. The van der Waals surface area contributed by atoms with Gasteiger partial charge >= 0.3 is 5.97 Å². The predicted molar refractivity (Wildman–Crippen MR) is 74.0 cm³/mol. The Balaban J connectivity index is 2.83. The fourth-order valence-corrected chi connectivity index (χ4v) is 1.58. The summed E-state index contributed by atoms with van der Waals surface area (Å²) in [5, 5.41) is 8.72. The lowest BCUT2D eigenvalue weighted by atomic mass is 10.1. The number of hydrogen-bond acceptors (Lipinski definition) is 4. The zero-order chi connectivity index (χ0) is 15.0. The van der Waals surface area contributed by atoms with Crippen LogP contribution in [0.5, 0.6) is 0 Å². The maximum Gasteiger partial charge on any atom is 0.307 e. The summed E-state index contributed by atoms with van der Waals surface area (Å²) in [6.07, 6.45) is 0.142. The number of methoxy groups -OCH3 is 1. The molecular formula is C15H17NO4. The molecule has 5 nitrogen and oxygen atoms in total. The highest BCUT2D eigenvalue weighted by atomic mass is 16.5. The van der Waals surface area contributed by atoms with E-state index in [9.17, 15) is 9.59 Å². The number of benzene rings is 1. The summed E-state index contributed by atoms with van der Waals surface area (Å²) in [6.45, 7) is 0.00791. The second kappa shape index (κ2) is 7.97. The molecule has 0 spiro atoms. The number of ether oxygens (including phenoxy) is 1. The van der Waals surface area contributed by atoms with Crippen LogP contribution in [0.25, 0.3) is 0 Å². The molecule has 106 valence electrons. The molecule has 1 aromatic rings. The van der Waals surface area contributed by atoms with E-state index in [1.54, 1.807) is 31.3 Å². The van der Waals surface area contributed by atoms with Gasteiger partial charge in [0.25, 0.3) is 5.91 Å². The molecule has 0 aliphatic rings. The van der Waals surface area contributed by atoms with Crippen molar-refractivity contribution in [3.63, 3.8) is 0 Å². The monoisotopic (exact) mass is 275 g/mol. The van der Waals surface area contributed by atoms with Gasteiger partial charge in [-0.1, -0.05) is 24.0 Å². The number of aliphatic hydroxyl groups is 1. The summed E-state index contributed by atoms with van der Waals surface area (Å²) in [5.74, 6) is 4.67. The van der Waals surface area contributed by atoms with Crippen LogP contribution in [0.2, 0.25) is 0 Å². The summed E-state index contributed by atoms with van der Waals surface area (Å²) in [4.78, 5) is 24.8. The molecule has 0 saturated heterocycles. The number of aliphatic hydroxyl groups excluding tert-OH is 1. The Bertz CT molecular complexity index is 542. The summed E-state index contributed by atoms with van der Waals surface area (Å²) in [5.41, 5.74) is 0.997. The zero-order valence-corrected chi connectivity index (χ0v) is 11.5. The maximum absolute atomic E-state index is 12.3. The lowest BCUT2D eigenvalue weighted by Crippen LogP contribution is -2.29. The minimum absolute atomic E-state index is 0.142. The number of carbonyl (C=O) groups excluding carboxylic acids is 2. The van der Waals surface area contributed by atoms with Crippen LogP contribution in [0.3, 0.4) is 0 Å². The Morgan fingerprint density at radius 3 is 2.70 bits per heavy atom. The quantitative estimate of drug-likeness (QED) is 0.647. The molecule has 0 aliphatic heterocycles. The SMILES string of the molecule is COC(=O)CCN(C)C(=O)c1ccccc1C#CCO. The van der Waals surface area contributed by atoms with Crippen molar-refractivity contribution in [1.82, 2.24) is 4.90 Å². The average Bonchev–Trinajstić information content (AvgIpc) is 2.49. The van der Waals surface area contributed by atoms with Gasteiger partial charge in [-0.2, -0.15) is 0 Å². The molecule has 5 heteroatoms. The van der Waals surface area contributed by atoms with Crippen LogP contribution in [0, 0.1) is 11.8 Å². The minimum atomic E-state index is -0.363. The maximum atomic E-state index is 12.3. The molecule has 1 amide bonds. The fraction of sp³-hybridized carbons (Fsp3) is 0.333. The molecule has 0 heterocycles. The number of nitrogens with zero attached hydrogens (tertiary/aromatic N) is 1. The van der Waals surface area contributed by atoms with Crippen molar-refractivity contribution in [2.45, 2.75) is 6.42 Å². The largest absolute Gasteiger partial charge is 0.469 e. The lowest BCUT2D eigenvalue weighted by Gasteiger charge is -2.17. The van der Waals surface area contributed by atoms with E-state index in [1.165, 1.54) is 12.0 Å². The van der Waals surface area contributed by atoms with Crippen LogP contribution in [-0.2, 0) is 9.53 Å². The van der Waals surface area contributed by atoms with Crippen LogP contribution in [-0.4, -0.2) is 49.2 Å². The van der Waals surface area contributed by atoms with Crippen LogP contribution in [0.4, 0.5) is 0 Å². The third kappa shape index (κ3) is 4.41. The van der Waals surface area contributed by atoms with Crippen LogP contribution in [0.15, 0.2) is 24.3 Å². The molecule has 0 radical (unpaired) electrons. The molecule has 0 fully saturated rings. The van der Waals surface area contributed by atoms with E-state index >= 15 is 0 Å². The van der Waals surface area contributed by atoms with Gasteiger partial charge in [0, 0.05) is 19.2 Å². The average molecular weight is 275 g/mol. The van der Waals surface area contributed by atoms with E-state index in [0.717, 1.165) is 0 Å². The highest BCUT2D eigenvalue weighted by Gasteiger charge is 2.15. The van der Waals surface area contributed by atoms with Crippen molar-refractivity contribution in [2.24, 2.45) is 0 Å². The molecule has 1 rings (SSSR count). The molecule has 0 saturated carbocycles. The van der Waals surface area contributed by atoms with E-state index in [-0.39, 0.29) is 31.4 Å². The molecule has 0 aliphatic carbocycles. The smallest absolute Gasteiger partial charge is 0.307 e. The standard InChI is InChI=1S/C15H17NO4/c1-16(10-9-14(18)20-2)15(19)13-8-4-3-6-12(13)7-5-11-17/h3-4,6,8,17H,9-11H2,1-2H3. The number of rotatable bonds is 4. The molecule has 0 bridgehead atoms.